The lowest BCUT2D eigenvalue weighted by molar-refractivity contribution is 1.19. The van der Waals surface area contributed by atoms with Crippen molar-refractivity contribution in [2.75, 3.05) is 0 Å². The summed E-state index contributed by atoms with van der Waals surface area (Å²) in [5.74, 6) is 0. The van der Waals surface area contributed by atoms with Gasteiger partial charge in [-0.3, -0.25) is 0 Å². The molecule has 2 nitrogen and oxygen atoms in total. The highest BCUT2D eigenvalue weighted by Gasteiger charge is 2.15. The number of hydrogen-bond donors (Lipinski definition) is 0. The number of aromatic nitrogens is 2. The van der Waals surface area contributed by atoms with Crippen molar-refractivity contribution in [3.8, 4) is 33.6 Å². The molecule has 0 unspecified atom stereocenters. The first kappa shape index (κ1) is 31.0. The number of para-hydroxylation sites is 4. The van der Waals surface area contributed by atoms with Crippen LogP contribution in [0.5, 0.6) is 0 Å². The Morgan fingerprint density at radius 2 is 0.554 bits per heavy atom. The second kappa shape index (κ2) is 12.0. The van der Waals surface area contributed by atoms with E-state index < -0.39 is 0 Å². The monoisotopic (exact) mass is 710 g/mol. The molecule has 0 aliphatic rings. The molecule has 2 heteroatoms. The van der Waals surface area contributed by atoms with Crippen molar-refractivity contribution in [2.45, 2.75) is 0 Å². The highest BCUT2D eigenvalue weighted by Crippen LogP contribution is 2.39. The predicted molar refractivity (Wildman–Crippen MR) is 239 cm³/mol. The molecule has 56 heavy (non-hydrogen) atoms. The molecule has 260 valence electrons. The second-order valence-corrected chi connectivity index (χ2v) is 14.9. The molecule has 0 aliphatic heterocycles. The summed E-state index contributed by atoms with van der Waals surface area (Å²) in [6, 6.07) is 75.8. The topological polar surface area (TPSA) is 9.86 Å². The summed E-state index contributed by atoms with van der Waals surface area (Å²) in [5, 5.41) is 12.6. The molecule has 0 bridgehead atoms. The van der Waals surface area contributed by atoms with E-state index in [1.807, 2.05) is 0 Å². The summed E-state index contributed by atoms with van der Waals surface area (Å²) in [7, 11) is 0. The van der Waals surface area contributed by atoms with Crippen LogP contribution in [0, 0.1) is 0 Å². The molecule has 2 heterocycles. The normalized spacial score (nSPS) is 11.9. The minimum atomic E-state index is 1.18. The van der Waals surface area contributed by atoms with E-state index in [9.17, 15) is 0 Å². The molecule has 0 atom stereocenters. The van der Waals surface area contributed by atoms with Gasteiger partial charge < -0.3 is 9.13 Å². The van der Waals surface area contributed by atoms with Gasteiger partial charge in [-0.1, -0.05) is 146 Å². The van der Waals surface area contributed by atoms with E-state index in [0.29, 0.717) is 0 Å². The summed E-state index contributed by atoms with van der Waals surface area (Å²) in [6.07, 6.45) is 0. The van der Waals surface area contributed by atoms with Gasteiger partial charge in [0, 0.05) is 32.9 Å². The van der Waals surface area contributed by atoms with Gasteiger partial charge in [-0.15, -0.1) is 0 Å². The Morgan fingerprint density at radius 3 is 0.946 bits per heavy atom. The van der Waals surface area contributed by atoms with Crippen LogP contribution in [0.4, 0.5) is 0 Å². The van der Waals surface area contributed by atoms with Crippen LogP contribution in [0.15, 0.2) is 206 Å². The fourth-order valence-electron chi connectivity index (χ4n) is 9.29. The lowest BCUT2D eigenvalue weighted by atomic mass is 9.91. The van der Waals surface area contributed by atoms with Crippen molar-refractivity contribution >= 4 is 75.9 Å². The number of fused-ring (bicyclic) bond motifs is 9. The summed E-state index contributed by atoms with van der Waals surface area (Å²) in [5.41, 5.74) is 12.2. The quantitative estimate of drug-likeness (QED) is 0.172. The molecule has 0 saturated carbocycles. The van der Waals surface area contributed by atoms with Crippen LogP contribution in [-0.4, -0.2) is 9.13 Å². The fourth-order valence-corrected chi connectivity index (χ4v) is 9.29. The minimum Gasteiger partial charge on any atom is -0.309 e. The van der Waals surface area contributed by atoms with Gasteiger partial charge in [-0.25, -0.2) is 0 Å². The molecule has 0 fully saturated rings. The summed E-state index contributed by atoms with van der Waals surface area (Å²) < 4.78 is 4.78. The molecule has 0 aliphatic carbocycles. The van der Waals surface area contributed by atoms with Gasteiger partial charge in [0.05, 0.1) is 22.1 Å². The first-order chi connectivity index (χ1) is 27.8. The van der Waals surface area contributed by atoms with Gasteiger partial charge in [0.1, 0.15) is 0 Å². The third-order valence-corrected chi connectivity index (χ3v) is 11.9. The summed E-state index contributed by atoms with van der Waals surface area (Å²) >= 11 is 0. The number of rotatable bonds is 4. The molecule has 12 aromatic rings. The average molecular weight is 711 g/mol. The van der Waals surface area contributed by atoms with E-state index in [2.05, 4.69) is 215 Å². The average Bonchev–Trinajstić information content (AvgIpc) is 3.78. The molecule has 0 amide bonds. The van der Waals surface area contributed by atoms with E-state index in [0.717, 1.165) is 0 Å². The number of benzene rings is 10. The maximum atomic E-state index is 2.39. The molecule has 0 saturated heterocycles. The lowest BCUT2D eigenvalue weighted by Gasteiger charge is -2.14. The third-order valence-electron chi connectivity index (χ3n) is 11.9. The Labute approximate surface area is 323 Å². The molecular weight excluding hydrogens is 677 g/mol. The summed E-state index contributed by atoms with van der Waals surface area (Å²) in [6.45, 7) is 0. The summed E-state index contributed by atoms with van der Waals surface area (Å²) in [4.78, 5) is 0. The molecule has 0 N–H and O–H groups in total. The Balaban J connectivity index is 0.922. The lowest BCUT2D eigenvalue weighted by Crippen LogP contribution is -1.94. The van der Waals surface area contributed by atoms with Crippen molar-refractivity contribution < 1.29 is 0 Å². The predicted octanol–water partition coefficient (Wildman–Crippen LogP) is 14.7. The molecular formula is C54H34N2. The molecule has 12 rings (SSSR count). The third kappa shape index (κ3) is 4.63. The van der Waals surface area contributed by atoms with Crippen molar-refractivity contribution in [3.63, 3.8) is 0 Å². The largest absolute Gasteiger partial charge is 0.309 e. The fraction of sp³-hybridized carbons (Fsp3) is 0. The maximum Gasteiger partial charge on any atom is 0.0541 e. The Kier molecular flexibility index (Phi) is 6.66. The zero-order valence-electron chi connectivity index (χ0n) is 30.5. The van der Waals surface area contributed by atoms with Crippen LogP contribution < -0.4 is 0 Å². The Bertz CT molecular complexity index is 3200. The van der Waals surface area contributed by atoms with Crippen LogP contribution in [0.3, 0.4) is 0 Å². The first-order valence-electron chi connectivity index (χ1n) is 19.3. The van der Waals surface area contributed by atoms with Gasteiger partial charge in [0.15, 0.2) is 0 Å². The maximum absolute atomic E-state index is 2.39. The van der Waals surface area contributed by atoms with Gasteiger partial charge in [-0.05, 0) is 115 Å². The highest BCUT2D eigenvalue weighted by atomic mass is 15.0. The van der Waals surface area contributed by atoms with Crippen molar-refractivity contribution in [1.29, 1.82) is 0 Å². The van der Waals surface area contributed by atoms with Crippen LogP contribution in [0.25, 0.3) is 110 Å². The zero-order valence-corrected chi connectivity index (χ0v) is 30.5. The number of hydrogen-bond acceptors (Lipinski definition) is 0. The van der Waals surface area contributed by atoms with E-state index in [4.69, 9.17) is 0 Å². The Hall–Kier alpha value is -7.42. The van der Waals surface area contributed by atoms with Crippen LogP contribution >= 0.6 is 0 Å². The number of nitrogens with zero attached hydrogens (tertiary/aromatic N) is 2. The van der Waals surface area contributed by atoms with Gasteiger partial charge in [0.25, 0.3) is 0 Å². The SMILES string of the molecule is c1cc(-c2ccc3cc(-n4c5ccccc5c5ccccc54)ccc3c2)c2cccc(-c3ccc4cc(-n5c6ccccc6c6ccccc65)ccc4c3)c2c1. The zero-order chi connectivity index (χ0) is 36.7. The standard InChI is InChI=1S/C54H34N2/c1-5-19-51-47(11-1)48-12-2-6-20-52(48)55(51)41-29-27-35-31-39(25-23-37(35)33-41)43-15-9-18-46-44(16-10-17-45(43)46)40-26-24-38-34-42(30-28-36(38)32-40)56-53-21-7-3-13-49(53)50-14-4-8-22-54(50)56/h1-34H. The van der Waals surface area contributed by atoms with Crippen molar-refractivity contribution in [2.24, 2.45) is 0 Å². The first-order valence-corrected chi connectivity index (χ1v) is 19.3. The molecule has 0 radical (unpaired) electrons. The van der Waals surface area contributed by atoms with Gasteiger partial charge in [-0.2, -0.15) is 0 Å². The van der Waals surface area contributed by atoms with Gasteiger partial charge in [0.2, 0.25) is 0 Å². The minimum absolute atomic E-state index is 1.18. The van der Waals surface area contributed by atoms with E-state index in [-0.39, 0.29) is 0 Å². The smallest absolute Gasteiger partial charge is 0.0541 e. The van der Waals surface area contributed by atoms with Crippen LogP contribution in [-0.2, 0) is 0 Å². The molecule has 0 spiro atoms. The Morgan fingerprint density at radius 1 is 0.232 bits per heavy atom. The van der Waals surface area contributed by atoms with Crippen molar-refractivity contribution in [3.05, 3.63) is 206 Å². The van der Waals surface area contributed by atoms with Crippen LogP contribution in [0.2, 0.25) is 0 Å². The highest BCUT2D eigenvalue weighted by molar-refractivity contribution is 6.11. The van der Waals surface area contributed by atoms with E-state index in [1.54, 1.807) is 0 Å². The van der Waals surface area contributed by atoms with Crippen molar-refractivity contribution in [1.82, 2.24) is 9.13 Å². The van der Waals surface area contributed by atoms with Gasteiger partial charge >= 0.3 is 0 Å². The van der Waals surface area contributed by atoms with E-state index >= 15 is 0 Å². The second-order valence-electron chi connectivity index (χ2n) is 14.9. The molecule has 10 aromatic carbocycles. The van der Waals surface area contributed by atoms with E-state index in [1.165, 1.54) is 110 Å². The molecule has 2 aromatic heterocycles. The van der Waals surface area contributed by atoms with Crippen LogP contribution in [0.1, 0.15) is 0 Å².